The van der Waals surface area contributed by atoms with Gasteiger partial charge < -0.3 is 15.4 Å². The smallest absolute Gasteiger partial charge is 0.329 e. The van der Waals surface area contributed by atoms with Gasteiger partial charge in [0.05, 0.1) is 7.11 Å². The Morgan fingerprint density at radius 2 is 1.69 bits per heavy atom. The number of amides is 4. The summed E-state index contributed by atoms with van der Waals surface area (Å²) in [5.41, 5.74) is 3.46. The summed E-state index contributed by atoms with van der Waals surface area (Å²) in [6.45, 7) is -0.391. The summed E-state index contributed by atoms with van der Waals surface area (Å²) in [4.78, 5) is 38.3. The topological polar surface area (TPSA) is 87.7 Å². The van der Waals surface area contributed by atoms with Crippen LogP contribution in [0.4, 0.5) is 10.5 Å². The van der Waals surface area contributed by atoms with Gasteiger partial charge in [-0.1, -0.05) is 48.5 Å². The first-order chi connectivity index (χ1) is 15.5. The minimum absolute atomic E-state index is 0.123. The van der Waals surface area contributed by atoms with Crippen LogP contribution in [0.1, 0.15) is 5.56 Å². The van der Waals surface area contributed by atoms with Gasteiger partial charge in [0.25, 0.3) is 5.91 Å². The molecule has 0 saturated carbocycles. The molecule has 1 saturated heterocycles. The van der Waals surface area contributed by atoms with Crippen LogP contribution in [0, 0.1) is 0 Å². The van der Waals surface area contributed by atoms with Crippen molar-refractivity contribution < 1.29 is 19.1 Å². The number of carbonyl (C=O) groups is 3. The monoisotopic (exact) mass is 427 g/mol. The SMILES string of the molecule is COc1ccc(NC(=O)CN2C(=O)N/C(=C\c3cccc(-c4ccccc4)c3)C2=O)cc1. The maximum absolute atomic E-state index is 12.7. The Balaban J connectivity index is 1.45. The lowest BCUT2D eigenvalue weighted by Gasteiger charge is -2.12. The van der Waals surface area contributed by atoms with Crippen molar-refractivity contribution in [3.05, 3.63) is 90.1 Å². The van der Waals surface area contributed by atoms with Crippen LogP contribution in [0.5, 0.6) is 5.75 Å². The van der Waals surface area contributed by atoms with E-state index >= 15 is 0 Å². The summed E-state index contributed by atoms with van der Waals surface area (Å²) >= 11 is 0. The van der Waals surface area contributed by atoms with Crippen molar-refractivity contribution >= 4 is 29.6 Å². The minimum Gasteiger partial charge on any atom is -0.497 e. The maximum Gasteiger partial charge on any atom is 0.329 e. The number of ether oxygens (including phenoxy) is 1. The fraction of sp³-hybridized carbons (Fsp3) is 0.0800. The Bertz CT molecular complexity index is 1190. The summed E-state index contributed by atoms with van der Waals surface area (Å²) in [7, 11) is 1.55. The third-order valence-corrected chi connectivity index (χ3v) is 4.94. The number of hydrogen-bond donors (Lipinski definition) is 2. The molecule has 1 aliphatic heterocycles. The Morgan fingerprint density at radius 1 is 0.969 bits per heavy atom. The lowest BCUT2D eigenvalue weighted by atomic mass is 10.0. The third-order valence-electron chi connectivity index (χ3n) is 4.94. The van der Waals surface area contributed by atoms with Crippen LogP contribution >= 0.6 is 0 Å². The molecule has 3 aromatic carbocycles. The zero-order chi connectivity index (χ0) is 22.5. The molecule has 0 unspecified atom stereocenters. The number of methoxy groups -OCH3 is 1. The fourth-order valence-corrected chi connectivity index (χ4v) is 3.34. The van der Waals surface area contributed by atoms with E-state index < -0.39 is 24.4 Å². The Hall–Kier alpha value is -4.39. The highest BCUT2D eigenvalue weighted by atomic mass is 16.5. The van der Waals surface area contributed by atoms with Gasteiger partial charge in [-0.05, 0) is 53.1 Å². The van der Waals surface area contributed by atoms with E-state index in [0.717, 1.165) is 21.6 Å². The molecular weight excluding hydrogens is 406 g/mol. The summed E-state index contributed by atoms with van der Waals surface area (Å²) in [6, 6.07) is 23.6. The van der Waals surface area contributed by atoms with E-state index in [2.05, 4.69) is 10.6 Å². The molecular formula is C25H21N3O4. The molecule has 0 spiro atoms. The van der Waals surface area contributed by atoms with Crippen LogP contribution in [0.3, 0.4) is 0 Å². The molecule has 7 nitrogen and oxygen atoms in total. The zero-order valence-electron chi connectivity index (χ0n) is 17.4. The summed E-state index contributed by atoms with van der Waals surface area (Å²) in [5, 5.41) is 5.21. The predicted octanol–water partition coefficient (Wildman–Crippen LogP) is 3.89. The molecule has 2 N–H and O–H groups in total. The van der Waals surface area contributed by atoms with E-state index in [0.29, 0.717) is 11.4 Å². The molecule has 1 heterocycles. The molecule has 32 heavy (non-hydrogen) atoms. The first-order valence-electron chi connectivity index (χ1n) is 9.97. The highest BCUT2D eigenvalue weighted by molar-refractivity contribution is 6.16. The first kappa shape index (κ1) is 20.9. The Morgan fingerprint density at radius 3 is 2.41 bits per heavy atom. The van der Waals surface area contributed by atoms with Crippen LogP contribution in [-0.4, -0.2) is 36.4 Å². The van der Waals surface area contributed by atoms with E-state index in [1.807, 2.05) is 54.6 Å². The molecule has 0 bridgehead atoms. The lowest BCUT2D eigenvalue weighted by molar-refractivity contribution is -0.127. The fourth-order valence-electron chi connectivity index (χ4n) is 3.34. The van der Waals surface area contributed by atoms with Crippen molar-refractivity contribution in [3.63, 3.8) is 0 Å². The number of nitrogens with zero attached hydrogens (tertiary/aromatic N) is 1. The highest BCUT2D eigenvalue weighted by Crippen LogP contribution is 2.22. The molecule has 0 aromatic heterocycles. The van der Waals surface area contributed by atoms with E-state index in [-0.39, 0.29) is 5.70 Å². The second-order valence-electron chi connectivity index (χ2n) is 7.15. The van der Waals surface area contributed by atoms with Crippen molar-refractivity contribution in [2.24, 2.45) is 0 Å². The van der Waals surface area contributed by atoms with Gasteiger partial charge in [-0.3, -0.25) is 9.59 Å². The van der Waals surface area contributed by atoms with Crippen LogP contribution < -0.4 is 15.4 Å². The molecule has 1 fully saturated rings. The van der Waals surface area contributed by atoms with Crippen molar-refractivity contribution in [2.75, 3.05) is 19.0 Å². The average molecular weight is 427 g/mol. The second kappa shape index (κ2) is 9.18. The average Bonchev–Trinajstić information content (AvgIpc) is 3.07. The Kier molecular flexibility index (Phi) is 5.98. The van der Waals surface area contributed by atoms with Crippen molar-refractivity contribution in [2.45, 2.75) is 0 Å². The molecule has 160 valence electrons. The number of imide groups is 1. The summed E-state index contributed by atoms with van der Waals surface area (Å²) in [5.74, 6) is -0.376. The van der Waals surface area contributed by atoms with Gasteiger partial charge in [0.15, 0.2) is 0 Å². The summed E-state index contributed by atoms with van der Waals surface area (Å²) in [6.07, 6.45) is 1.61. The highest BCUT2D eigenvalue weighted by Gasteiger charge is 2.34. The molecule has 0 radical (unpaired) electrons. The first-order valence-corrected chi connectivity index (χ1v) is 9.97. The van der Waals surface area contributed by atoms with Gasteiger partial charge in [0.2, 0.25) is 5.91 Å². The van der Waals surface area contributed by atoms with Crippen molar-refractivity contribution in [1.82, 2.24) is 10.2 Å². The van der Waals surface area contributed by atoms with E-state index in [4.69, 9.17) is 4.74 Å². The largest absolute Gasteiger partial charge is 0.497 e. The summed E-state index contributed by atoms with van der Waals surface area (Å²) < 4.78 is 5.08. The molecule has 0 aliphatic carbocycles. The number of rotatable bonds is 6. The predicted molar refractivity (Wildman–Crippen MR) is 122 cm³/mol. The normalized spacial score (nSPS) is 14.4. The van der Waals surface area contributed by atoms with E-state index in [1.165, 1.54) is 0 Å². The molecule has 1 aliphatic rings. The second-order valence-corrected chi connectivity index (χ2v) is 7.15. The third kappa shape index (κ3) is 4.67. The number of nitrogens with one attached hydrogen (secondary N) is 2. The molecule has 3 aromatic rings. The van der Waals surface area contributed by atoms with Gasteiger partial charge in [-0.25, -0.2) is 9.69 Å². The van der Waals surface area contributed by atoms with Crippen molar-refractivity contribution in [3.8, 4) is 16.9 Å². The van der Waals surface area contributed by atoms with Gasteiger partial charge in [0.1, 0.15) is 18.0 Å². The van der Waals surface area contributed by atoms with Gasteiger partial charge in [-0.2, -0.15) is 0 Å². The maximum atomic E-state index is 12.7. The molecule has 4 rings (SSSR count). The van der Waals surface area contributed by atoms with Gasteiger partial charge in [-0.15, -0.1) is 0 Å². The van der Waals surface area contributed by atoms with Crippen LogP contribution in [0.15, 0.2) is 84.6 Å². The van der Waals surface area contributed by atoms with Crippen LogP contribution in [-0.2, 0) is 9.59 Å². The standard InChI is InChI=1S/C25H21N3O4/c1-32-21-12-10-20(11-13-21)26-23(29)16-28-24(30)22(27-25(28)31)15-17-6-5-9-19(14-17)18-7-3-2-4-8-18/h2-15H,16H2,1H3,(H,26,29)(H,27,31)/b22-15-. The quantitative estimate of drug-likeness (QED) is 0.461. The van der Waals surface area contributed by atoms with E-state index in [1.54, 1.807) is 37.5 Å². The number of urea groups is 1. The molecule has 7 heteroatoms. The van der Waals surface area contributed by atoms with Crippen molar-refractivity contribution in [1.29, 1.82) is 0 Å². The number of carbonyl (C=O) groups excluding carboxylic acids is 3. The van der Waals surface area contributed by atoms with Crippen LogP contribution in [0.25, 0.3) is 17.2 Å². The lowest BCUT2D eigenvalue weighted by Crippen LogP contribution is -2.38. The van der Waals surface area contributed by atoms with Gasteiger partial charge >= 0.3 is 6.03 Å². The molecule has 0 atom stereocenters. The number of benzene rings is 3. The number of anilines is 1. The van der Waals surface area contributed by atoms with Gasteiger partial charge in [0, 0.05) is 5.69 Å². The zero-order valence-corrected chi connectivity index (χ0v) is 17.4. The Labute approximate surface area is 185 Å². The van der Waals surface area contributed by atoms with E-state index in [9.17, 15) is 14.4 Å². The number of hydrogen-bond acceptors (Lipinski definition) is 4. The van der Waals surface area contributed by atoms with Crippen LogP contribution in [0.2, 0.25) is 0 Å². The molecule has 4 amide bonds. The minimum atomic E-state index is -0.634.